The third-order valence-electron chi connectivity index (χ3n) is 4.01. The molecule has 0 aromatic heterocycles. The molecule has 0 amide bonds. The van der Waals surface area contributed by atoms with Crippen LogP contribution in [0.4, 0.5) is 0 Å². The van der Waals surface area contributed by atoms with Gasteiger partial charge in [-0.2, -0.15) is 0 Å². The van der Waals surface area contributed by atoms with Crippen LogP contribution in [0.15, 0.2) is 24.3 Å². The Morgan fingerprint density at radius 2 is 2.33 bits per heavy atom. The van der Waals surface area contributed by atoms with Crippen molar-refractivity contribution in [3.8, 4) is 5.75 Å². The lowest BCUT2D eigenvalue weighted by molar-refractivity contribution is 0.0275. The largest absolute Gasteiger partial charge is 0.494 e. The Labute approximate surface area is 131 Å². The molecule has 5 heteroatoms. The van der Waals surface area contributed by atoms with Crippen molar-refractivity contribution in [3.63, 3.8) is 0 Å². The number of ether oxygens (including phenoxy) is 1. The van der Waals surface area contributed by atoms with Gasteiger partial charge in [0.2, 0.25) is 0 Å². The minimum Gasteiger partial charge on any atom is -0.494 e. The van der Waals surface area contributed by atoms with Crippen LogP contribution < -0.4 is 10.5 Å². The van der Waals surface area contributed by atoms with Gasteiger partial charge in [-0.1, -0.05) is 31.3 Å². The number of benzene rings is 1. The molecule has 1 saturated heterocycles. The quantitative estimate of drug-likeness (QED) is 0.620. The molecule has 4 nitrogen and oxygen atoms in total. The van der Waals surface area contributed by atoms with Crippen molar-refractivity contribution in [3.05, 3.63) is 29.8 Å². The maximum absolute atomic E-state index is 9.87. The lowest BCUT2D eigenvalue weighted by Gasteiger charge is -2.34. The number of piperidine rings is 1. The van der Waals surface area contributed by atoms with Crippen molar-refractivity contribution in [1.82, 2.24) is 4.90 Å². The summed E-state index contributed by atoms with van der Waals surface area (Å²) in [5.41, 5.74) is 6.43. The molecule has 1 heterocycles. The van der Waals surface area contributed by atoms with Gasteiger partial charge in [0.05, 0.1) is 12.7 Å². The highest BCUT2D eigenvalue weighted by Crippen LogP contribution is 2.17. The highest BCUT2D eigenvalue weighted by Gasteiger charge is 2.23. The number of hydrogen-bond acceptors (Lipinski definition) is 4. The zero-order chi connectivity index (χ0) is 15.2. The predicted octanol–water partition coefficient (Wildman–Crippen LogP) is 1.79. The zero-order valence-corrected chi connectivity index (χ0v) is 13.3. The van der Waals surface area contributed by atoms with Crippen LogP contribution in [0.1, 0.15) is 25.3 Å². The third kappa shape index (κ3) is 4.95. The molecule has 0 radical (unpaired) electrons. The SMILES string of the molecule is CC1CCN(CCCOc2cccc(C(N)=S)c2)CC1O. The van der Waals surface area contributed by atoms with Crippen molar-refractivity contribution in [2.45, 2.75) is 25.9 Å². The molecule has 116 valence electrons. The van der Waals surface area contributed by atoms with E-state index in [9.17, 15) is 5.11 Å². The van der Waals surface area contributed by atoms with E-state index in [4.69, 9.17) is 22.7 Å². The summed E-state index contributed by atoms with van der Waals surface area (Å²) in [6, 6.07) is 7.56. The number of likely N-dealkylation sites (tertiary alicyclic amines) is 1. The van der Waals surface area contributed by atoms with Crippen LogP contribution in [0.2, 0.25) is 0 Å². The number of nitrogens with zero attached hydrogens (tertiary/aromatic N) is 1. The second kappa shape index (κ2) is 7.73. The molecular formula is C16H24N2O2S. The van der Waals surface area contributed by atoms with Gasteiger partial charge in [0.25, 0.3) is 0 Å². The van der Waals surface area contributed by atoms with Crippen LogP contribution in [0.3, 0.4) is 0 Å². The summed E-state index contributed by atoms with van der Waals surface area (Å²) in [6.07, 6.45) is 1.82. The summed E-state index contributed by atoms with van der Waals surface area (Å²) >= 11 is 4.95. The average Bonchev–Trinajstić information content (AvgIpc) is 2.47. The van der Waals surface area contributed by atoms with Gasteiger partial charge in [0, 0.05) is 18.7 Å². The first-order chi connectivity index (χ1) is 10.1. The minimum absolute atomic E-state index is 0.193. The molecule has 2 rings (SSSR count). The van der Waals surface area contributed by atoms with Crippen molar-refractivity contribution >= 4 is 17.2 Å². The molecule has 1 aromatic rings. The standard InChI is InChI=1S/C16H24N2O2S/c1-12-6-8-18(11-15(12)19)7-3-9-20-14-5-2-4-13(10-14)16(17)21/h2,4-5,10,12,15,19H,3,6-9,11H2,1H3,(H2,17,21). The maximum Gasteiger partial charge on any atom is 0.119 e. The first-order valence-corrected chi connectivity index (χ1v) is 7.90. The van der Waals surface area contributed by atoms with E-state index in [1.165, 1.54) is 0 Å². The Morgan fingerprint density at radius 3 is 3.05 bits per heavy atom. The van der Waals surface area contributed by atoms with Crippen LogP contribution in [0, 0.1) is 5.92 Å². The molecule has 3 N–H and O–H groups in total. The highest BCUT2D eigenvalue weighted by molar-refractivity contribution is 7.80. The molecule has 1 fully saturated rings. The lowest BCUT2D eigenvalue weighted by atomic mass is 9.96. The molecule has 1 aliphatic rings. The normalized spacial score (nSPS) is 23.0. The van der Waals surface area contributed by atoms with Crippen molar-refractivity contribution in [1.29, 1.82) is 0 Å². The number of aliphatic hydroxyl groups excluding tert-OH is 1. The van der Waals surface area contributed by atoms with E-state index >= 15 is 0 Å². The number of nitrogens with two attached hydrogens (primary N) is 1. The Balaban J connectivity index is 1.70. The monoisotopic (exact) mass is 308 g/mol. The summed E-state index contributed by atoms with van der Waals surface area (Å²) in [4.78, 5) is 2.69. The molecule has 0 aliphatic carbocycles. The van der Waals surface area contributed by atoms with Gasteiger partial charge in [0.1, 0.15) is 10.7 Å². The molecule has 0 saturated carbocycles. The summed E-state index contributed by atoms with van der Waals surface area (Å²) < 4.78 is 5.73. The molecule has 21 heavy (non-hydrogen) atoms. The average molecular weight is 308 g/mol. The van der Waals surface area contributed by atoms with Crippen LogP contribution in [-0.4, -0.2) is 47.3 Å². The predicted molar refractivity (Wildman–Crippen MR) is 88.7 cm³/mol. The summed E-state index contributed by atoms with van der Waals surface area (Å²) in [5, 5.41) is 9.87. The smallest absolute Gasteiger partial charge is 0.119 e. The van der Waals surface area contributed by atoms with Gasteiger partial charge in [-0.05, 0) is 37.4 Å². The second-order valence-corrected chi connectivity index (χ2v) is 6.17. The van der Waals surface area contributed by atoms with E-state index < -0.39 is 0 Å². The van der Waals surface area contributed by atoms with E-state index in [0.717, 1.165) is 43.8 Å². The minimum atomic E-state index is -0.193. The Morgan fingerprint density at radius 1 is 1.52 bits per heavy atom. The Bertz CT molecular complexity index is 481. The third-order valence-corrected chi connectivity index (χ3v) is 4.24. The fourth-order valence-electron chi connectivity index (χ4n) is 2.53. The topological polar surface area (TPSA) is 58.7 Å². The second-order valence-electron chi connectivity index (χ2n) is 5.73. The van der Waals surface area contributed by atoms with Crippen LogP contribution in [0.25, 0.3) is 0 Å². The number of thiocarbonyl (C=S) groups is 1. The van der Waals surface area contributed by atoms with E-state index in [2.05, 4.69) is 11.8 Å². The Kier molecular flexibility index (Phi) is 5.96. The summed E-state index contributed by atoms with van der Waals surface area (Å²) in [5.74, 6) is 1.22. The first-order valence-electron chi connectivity index (χ1n) is 7.49. The van der Waals surface area contributed by atoms with Crippen LogP contribution in [0.5, 0.6) is 5.75 Å². The van der Waals surface area contributed by atoms with E-state index in [0.29, 0.717) is 17.5 Å². The van der Waals surface area contributed by atoms with E-state index in [1.807, 2.05) is 24.3 Å². The molecule has 0 spiro atoms. The Hall–Kier alpha value is -1.17. The van der Waals surface area contributed by atoms with Gasteiger partial charge in [-0.25, -0.2) is 0 Å². The maximum atomic E-state index is 9.87. The van der Waals surface area contributed by atoms with E-state index in [1.54, 1.807) is 0 Å². The van der Waals surface area contributed by atoms with Crippen molar-refractivity contribution in [2.75, 3.05) is 26.2 Å². The summed E-state index contributed by atoms with van der Waals surface area (Å²) in [7, 11) is 0. The van der Waals surface area contributed by atoms with Crippen LogP contribution in [-0.2, 0) is 0 Å². The summed E-state index contributed by atoms with van der Waals surface area (Å²) in [6.45, 7) is 5.56. The number of aliphatic hydroxyl groups is 1. The van der Waals surface area contributed by atoms with E-state index in [-0.39, 0.29) is 6.10 Å². The molecule has 2 atom stereocenters. The highest BCUT2D eigenvalue weighted by atomic mass is 32.1. The zero-order valence-electron chi connectivity index (χ0n) is 12.5. The van der Waals surface area contributed by atoms with Gasteiger partial charge < -0.3 is 20.5 Å². The lowest BCUT2D eigenvalue weighted by Crippen LogP contribution is -2.43. The number of β-amino-alcohol motifs (C(OH)–C–C–N with tert-alkyl or cyclic N) is 1. The van der Waals surface area contributed by atoms with Crippen molar-refractivity contribution in [2.24, 2.45) is 11.7 Å². The molecule has 2 unspecified atom stereocenters. The molecule has 1 aromatic carbocycles. The van der Waals surface area contributed by atoms with Crippen LogP contribution >= 0.6 is 12.2 Å². The number of hydrogen-bond donors (Lipinski definition) is 2. The molecule has 1 aliphatic heterocycles. The van der Waals surface area contributed by atoms with Gasteiger partial charge in [-0.3, -0.25) is 0 Å². The van der Waals surface area contributed by atoms with Gasteiger partial charge >= 0.3 is 0 Å². The first kappa shape index (κ1) is 16.2. The number of rotatable bonds is 6. The molecule has 0 bridgehead atoms. The van der Waals surface area contributed by atoms with Gasteiger partial charge in [0.15, 0.2) is 0 Å². The fraction of sp³-hybridized carbons (Fsp3) is 0.562. The van der Waals surface area contributed by atoms with Crippen molar-refractivity contribution < 1.29 is 9.84 Å². The molecular weight excluding hydrogens is 284 g/mol. The van der Waals surface area contributed by atoms with Gasteiger partial charge in [-0.15, -0.1) is 0 Å². The fourth-order valence-corrected chi connectivity index (χ4v) is 2.66.